The van der Waals surface area contributed by atoms with Gasteiger partial charge in [0.15, 0.2) is 0 Å². The Morgan fingerprint density at radius 1 is 1.21 bits per heavy atom. The van der Waals surface area contributed by atoms with Crippen molar-refractivity contribution in [1.29, 1.82) is 0 Å². The van der Waals surface area contributed by atoms with Crippen LogP contribution in [0.2, 0.25) is 0 Å². The Balaban J connectivity index is 1.51. The third-order valence-corrected chi connectivity index (χ3v) is 6.61. The monoisotopic (exact) mass is 401 g/mol. The van der Waals surface area contributed by atoms with Crippen LogP contribution in [0, 0.1) is 0 Å². The van der Waals surface area contributed by atoms with Crippen molar-refractivity contribution < 1.29 is 17.7 Å². The summed E-state index contributed by atoms with van der Waals surface area (Å²) >= 11 is 0. The summed E-state index contributed by atoms with van der Waals surface area (Å²) in [5.41, 5.74) is 1.14. The number of para-hydroxylation sites is 1. The second-order valence-electron chi connectivity index (χ2n) is 6.66. The van der Waals surface area contributed by atoms with Crippen LogP contribution < -0.4 is 4.74 Å². The zero-order valence-corrected chi connectivity index (χ0v) is 16.2. The molecule has 1 aromatic carbocycles. The van der Waals surface area contributed by atoms with Crippen molar-refractivity contribution in [2.45, 2.75) is 25.2 Å². The largest absolute Gasteiger partial charge is 0.487 e. The van der Waals surface area contributed by atoms with Gasteiger partial charge < -0.3 is 9.26 Å². The van der Waals surface area contributed by atoms with Crippen molar-refractivity contribution in [1.82, 2.24) is 24.4 Å². The van der Waals surface area contributed by atoms with Gasteiger partial charge in [0, 0.05) is 12.4 Å². The van der Waals surface area contributed by atoms with Gasteiger partial charge in [-0.25, -0.2) is 13.4 Å². The lowest BCUT2D eigenvalue weighted by atomic mass is 10.2. The van der Waals surface area contributed by atoms with Gasteiger partial charge >= 0.3 is 0 Å². The molecule has 0 atom stereocenters. The van der Waals surface area contributed by atoms with Gasteiger partial charge in [0.25, 0.3) is 5.89 Å². The first-order valence-electron chi connectivity index (χ1n) is 8.80. The maximum absolute atomic E-state index is 12.2. The smallest absolute Gasteiger partial charge is 0.262 e. The lowest BCUT2D eigenvalue weighted by Crippen LogP contribution is -2.57. The van der Waals surface area contributed by atoms with Crippen LogP contribution in [-0.4, -0.2) is 57.3 Å². The van der Waals surface area contributed by atoms with Gasteiger partial charge in [0.05, 0.1) is 30.1 Å². The lowest BCUT2D eigenvalue weighted by molar-refractivity contribution is 0.0760. The topological polar surface area (TPSA) is 111 Å². The van der Waals surface area contributed by atoms with Crippen LogP contribution >= 0.6 is 0 Å². The molecule has 9 nitrogen and oxygen atoms in total. The van der Waals surface area contributed by atoms with Crippen LogP contribution in [0.15, 0.2) is 47.4 Å². The van der Waals surface area contributed by atoms with Crippen LogP contribution in [-0.2, 0) is 10.0 Å². The molecule has 3 heterocycles. The van der Waals surface area contributed by atoms with Crippen molar-refractivity contribution in [2.24, 2.45) is 0 Å². The molecule has 0 saturated carbocycles. The molecule has 146 valence electrons. The molecule has 0 unspecified atom stereocenters. The SMILES string of the molecule is CC(C)S(=O)(=O)N1CC(Oc2ccccc2-c2nc(-c3cnccn3)no2)C1. The van der Waals surface area contributed by atoms with Crippen LogP contribution in [0.3, 0.4) is 0 Å². The Morgan fingerprint density at radius 3 is 2.71 bits per heavy atom. The van der Waals surface area contributed by atoms with Gasteiger partial charge in [-0.15, -0.1) is 0 Å². The number of rotatable bonds is 6. The molecular formula is C18H19N5O4S. The van der Waals surface area contributed by atoms with E-state index in [4.69, 9.17) is 9.26 Å². The molecule has 1 aliphatic heterocycles. The molecule has 2 aromatic heterocycles. The van der Waals surface area contributed by atoms with Gasteiger partial charge in [-0.1, -0.05) is 17.3 Å². The average Bonchev–Trinajstić information content (AvgIpc) is 3.15. The van der Waals surface area contributed by atoms with E-state index in [1.807, 2.05) is 18.2 Å². The van der Waals surface area contributed by atoms with Crippen molar-refractivity contribution in [2.75, 3.05) is 13.1 Å². The molecule has 0 amide bonds. The maximum Gasteiger partial charge on any atom is 0.262 e. The minimum absolute atomic E-state index is 0.225. The number of sulfonamides is 1. The van der Waals surface area contributed by atoms with E-state index >= 15 is 0 Å². The molecule has 0 aliphatic carbocycles. The summed E-state index contributed by atoms with van der Waals surface area (Å²) in [7, 11) is -3.26. The predicted octanol–water partition coefficient (Wildman–Crippen LogP) is 1.99. The number of hydrogen-bond acceptors (Lipinski definition) is 8. The Bertz CT molecular complexity index is 1060. The van der Waals surface area contributed by atoms with E-state index < -0.39 is 15.3 Å². The van der Waals surface area contributed by atoms with Crippen molar-refractivity contribution >= 4 is 10.0 Å². The van der Waals surface area contributed by atoms with Crippen LogP contribution in [0.4, 0.5) is 0 Å². The van der Waals surface area contributed by atoms with Crippen LogP contribution in [0.5, 0.6) is 5.75 Å². The van der Waals surface area contributed by atoms with Gasteiger partial charge in [0.1, 0.15) is 17.5 Å². The minimum Gasteiger partial charge on any atom is -0.487 e. The first-order valence-corrected chi connectivity index (χ1v) is 10.3. The molecule has 0 N–H and O–H groups in total. The number of aromatic nitrogens is 4. The summed E-state index contributed by atoms with van der Waals surface area (Å²) in [6.45, 7) is 3.99. The minimum atomic E-state index is -3.26. The molecule has 4 rings (SSSR count). The highest BCUT2D eigenvalue weighted by atomic mass is 32.2. The molecule has 1 aliphatic rings. The highest BCUT2D eigenvalue weighted by molar-refractivity contribution is 7.89. The van der Waals surface area contributed by atoms with Crippen LogP contribution in [0.1, 0.15) is 13.8 Å². The van der Waals surface area contributed by atoms with E-state index in [0.29, 0.717) is 41.8 Å². The molecule has 1 saturated heterocycles. The van der Waals surface area contributed by atoms with Crippen molar-refractivity contribution in [3.8, 4) is 28.7 Å². The third-order valence-electron chi connectivity index (χ3n) is 4.40. The molecule has 1 fully saturated rings. The quantitative estimate of drug-likeness (QED) is 0.616. The summed E-state index contributed by atoms with van der Waals surface area (Å²) < 4.78 is 37.1. The third kappa shape index (κ3) is 3.48. The number of nitrogens with zero attached hydrogens (tertiary/aromatic N) is 5. The number of benzene rings is 1. The van der Waals surface area contributed by atoms with Crippen molar-refractivity contribution in [3.63, 3.8) is 0 Å². The maximum atomic E-state index is 12.2. The van der Waals surface area contributed by atoms with E-state index in [2.05, 4.69) is 20.1 Å². The molecule has 28 heavy (non-hydrogen) atoms. The zero-order valence-electron chi connectivity index (χ0n) is 15.4. The summed E-state index contributed by atoms with van der Waals surface area (Å²) in [5, 5.41) is 3.50. The fourth-order valence-corrected chi connectivity index (χ4v) is 4.10. The molecule has 10 heteroatoms. The van der Waals surface area contributed by atoms with Gasteiger partial charge in [-0.05, 0) is 26.0 Å². The summed E-state index contributed by atoms with van der Waals surface area (Å²) in [4.78, 5) is 12.5. The summed E-state index contributed by atoms with van der Waals surface area (Å²) in [6.07, 6.45) is 4.44. The highest BCUT2D eigenvalue weighted by Crippen LogP contribution is 2.32. The highest BCUT2D eigenvalue weighted by Gasteiger charge is 2.39. The van der Waals surface area contributed by atoms with E-state index in [-0.39, 0.29) is 6.10 Å². The lowest BCUT2D eigenvalue weighted by Gasteiger charge is -2.39. The normalized spacial score (nSPS) is 15.5. The molecular weight excluding hydrogens is 382 g/mol. The Hall–Kier alpha value is -2.85. The van der Waals surface area contributed by atoms with Gasteiger partial charge in [0.2, 0.25) is 15.8 Å². The van der Waals surface area contributed by atoms with Crippen molar-refractivity contribution in [3.05, 3.63) is 42.9 Å². The van der Waals surface area contributed by atoms with E-state index in [1.54, 1.807) is 38.5 Å². The first kappa shape index (κ1) is 18.5. The second-order valence-corrected chi connectivity index (χ2v) is 9.15. The Labute approximate surface area is 162 Å². The number of ether oxygens (including phenoxy) is 1. The van der Waals surface area contributed by atoms with E-state index in [1.165, 1.54) is 4.31 Å². The predicted molar refractivity (Wildman–Crippen MR) is 101 cm³/mol. The molecule has 0 spiro atoms. The standard InChI is InChI=1S/C18H19N5O4S/c1-12(2)28(24,25)23-10-13(11-23)26-16-6-4-3-5-14(16)18-21-17(22-27-18)15-9-19-7-8-20-15/h3-9,12-13H,10-11H2,1-2H3. The summed E-state index contributed by atoms with van der Waals surface area (Å²) in [5.74, 6) is 1.18. The van der Waals surface area contributed by atoms with Gasteiger partial charge in [-0.2, -0.15) is 9.29 Å². The second kappa shape index (κ2) is 7.28. The zero-order chi connectivity index (χ0) is 19.7. The number of hydrogen-bond donors (Lipinski definition) is 0. The van der Waals surface area contributed by atoms with E-state index in [9.17, 15) is 8.42 Å². The molecule has 3 aromatic rings. The van der Waals surface area contributed by atoms with Gasteiger partial charge in [-0.3, -0.25) is 4.98 Å². The van der Waals surface area contributed by atoms with Crippen LogP contribution in [0.25, 0.3) is 23.0 Å². The average molecular weight is 401 g/mol. The molecule has 0 bridgehead atoms. The van der Waals surface area contributed by atoms with E-state index in [0.717, 1.165) is 0 Å². The fourth-order valence-electron chi connectivity index (χ4n) is 2.76. The fraction of sp³-hybridized carbons (Fsp3) is 0.333. The summed E-state index contributed by atoms with van der Waals surface area (Å²) in [6, 6.07) is 7.27. The molecule has 0 radical (unpaired) electrons. The Kier molecular flexibility index (Phi) is 4.82. The Morgan fingerprint density at radius 2 is 2.00 bits per heavy atom. The first-order chi connectivity index (χ1) is 13.4.